The Balaban J connectivity index is 1.81. The molecule has 0 aromatic heterocycles. The predicted octanol–water partition coefficient (Wildman–Crippen LogP) is 4.58. The summed E-state index contributed by atoms with van der Waals surface area (Å²) in [5.74, 6) is -0.290. The fourth-order valence-corrected chi connectivity index (χ4v) is 3.46. The van der Waals surface area contributed by atoms with E-state index in [1.807, 2.05) is 24.3 Å². The van der Waals surface area contributed by atoms with Crippen molar-refractivity contribution >= 4 is 27.6 Å². The fraction of sp³-hybridized carbons (Fsp3) is 0.316. The number of anilines is 1. The van der Waals surface area contributed by atoms with E-state index >= 15 is 0 Å². The minimum atomic E-state index is -0.290. The molecular weight excluding hydrogens is 354 g/mol. The Hall–Kier alpha value is -1.81. The van der Waals surface area contributed by atoms with Crippen LogP contribution in [0.2, 0.25) is 0 Å². The van der Waals surface area contributed by atoms with E-state index in [0.717, 1.165) is 24.0 Å². The average molecular weight is 374 g/mol. The maximum absolute atomic E-state index is 11.5. The number of methoxy groups -OCH3 is 1. The number of nitrogens with zero attached hydrogens (tertiary/aromatic N) is 1. The van der Waals surface area contributed by atoms with Crippen molar-refractivity contribution in [3.8, 4) is 0 Å². The fourth-order valence-electron chi connectivity index (χ4n) is 3.05. The lowest BCUT2D eigenvalue weighted by atomic mass is 10.1. The van der Waals surface area contributed by atoms with E-state index in [2.05, 4.69) is 39.0 Å². The molecule has 0 aliphatic carbocycles. The zero-order valence-electron chi connectivity index (χ0n) is 13.2. The zero-order chi connectivity index (χ0) is 16.2. The van der Waals surface area contributed by atoms with Crippen LogP contribution in [0.15, 0.2) is 46.9 Å². The van der Waals surface area contributed by atoms with Gasteiger partial charge in [-0.05, 0) is 60.7 Å². The number of hydrogen-bond donors (Lipinski definition) is 0. The molecule has 0 saturated carbocycles. The van der Waals surface area contributed by atoms with Crippen LogP contribution in [0, 0.1) is 0 Å². The van der Waals surface area contributed by atoms with Crippen LogP contribution in [0.1, 0.15) is 34.3 Å². The molecule has 0 saturated heterocycles. The molecule has 1 aliphatic heterocycles. The predicted molar refractivity (Wildman–Crippen MR) is 95.9 cm³/mol. The van der Waals surface area contributed by atoms with Gasteiger partial charge in [0.25, 0.3) is 0 Å². The number of benzene rings is 2. The number of aryl methyl sites for hydroxylation is 1. The number of carbonyl (C=O) groups excluding carboxylic acids is 1. The molecular formula is C19H20BrNO2. The van der Waals surface area contributed by atoms with E-state index in [4.69, 9.17) is 4.74 Å². The van der Waals surface area contributed by atoms with Gasteiger partial charge in [0.1, 0.15) is 0 Å². The molecule has 0 atom stereocenters. The third-order valence-electron chi connectivity index (χ3n) is 4.25. The van der Waals surface area contributed by atoms with Gasteiger partial charge in [-0.3, -0.25) is 0 Å². The molecule has 0 fully saturated rings. The monoisotopic (exact) mass is 373 g/mol. The van der Waals surface area contributed by atoms with Crippen molar-refractivity contribution in [2.24, 2.45) is 0 Å². The zero-order valence-corrected chi connectivity index (χ0v) is 14.8. The first-order valence-corrected chi connectivity index (χ1v) is 8.67. The van der Waals surface area contributed by atoms with Crippen LogP contribution < -0.4 is 4.90 Å². The second-order valence-corrected chi connectivity index (χ2v) is 6.76. The normalized spacial score (nSPS) is 14.1. The SMILES string of the molecule is COC(=O)c1ccc(CN2CCCCc3cc(Br)ccc32)cc1. The highest BCUT2D eigenvalue weighted by Gasteiger charge is 2.16. The minimum absolute atomic E-state index is 0.290. The maximum atomic E-state index is 11.5. The number of halogens is 1. The largest absolute Gasteiger partial charge is 0.465 e. The Labute approximate surface area is 145 Å². The van der Waals surface area contributed by atoms with Crippen molar-refractivity contribution in [3.63, 3.8) is 0 Å². The van der Waals surface area contributed by atoms with Gasteiger partial charge in [-0.1, -0.05) is 28.1 Å². The van der Waals surface area contributed by atoms with Crippen LogP contribution in [0.5, 0.6) is 0 Å². The number of ether oxygens (including phenoxy) is 1. The van der Waals surface area contributed by atoms with Crippen molar-refractivity contribution in [1.29, 1.82) is 0 Å². The van der Waals surface area contributed by atoms with Gasteiger partial charge in [-0.15, -0.1) is 0 Å². The first kappa shape index (κ1) is 16.1. The van der Waals surface area contributed by atoms with Crippen molar-refractivity contribution in [3.05, 3.63) is 63.6 Å². The summed E-state index contributed by atoms with van der Waals surface area (Å²) in [6.07, 6.45) is 3.56. The number of esters is 1. The van der Waals surface area contributed by atoms with Gasteiger partial charge in [-0.2, -0.15) is 0 Å². The molecule has 0 spiro atoms. The second-order valence-electron chi connectivity index (χ2n) is 5.84. The minimum Gasteiger partial charge on any atom is -0.465 e. The summed E-state index contributed by atoms with van der Waals surface area (Å²) in [4.78, 5) is 14.0. The molecule has 2 aromatic rings. The molecule has 0 radical (unpaired) electrons. The third-order valence-corrected chi connectivity index (χ3v) is 4.75. The van der Waals surface area contributed by atoms with E-state index in [1.54, 1.807) is 0 Å². The standard InChI is InChI=1S/C19H20BrNO2/c1-23-19(22)15-7-5-14(6-8-15)13-21-11-3-2-4-16-12-17(20)9-10-18(16)21/h5-10,12H,2-4,11,13H2,1H3. The van der Waals surface area contributed by atoms with Crippen LogP contribution in [0.3, 0.4) is 0 Å². The highest BCUT2D eigenvalue weighted by Crippen LogP contribution is 2.30. The van der Waals surface area contributed by atoms with Gasteiger partial charge >= 0.3 is 5.97 Å². The molecule has 2 aromatic carbocycles. The summed E-state index contributed by atoms with van der Waals surface area (Å²) in [6.45, 7) is 1.92. The van der Waals surface area contributed by atoms with E-state index in [1.165, 1.54) is 36.8 Å². The second kappa shape index (κ2) is 7.18. The topological polar surface area (TPSA) is 29.5 Å². The quantitative estimate of drug-likeness (QED) is 0.737. The van der Waals surface area contributed by atoms with E-state index in [9.17, 15) is 4.79 Å². The van der Waals surface area contributed by atoms with E-state index in [-0.39, 0.29) is 5.97 Å². The van der Waals surface area contributed by atoms with Crippen LogP contribution in [0.25, 0.3) is 0 Å². The van der Waals surface area contributed by atoms with Gasteiger partial charge in [0.15, 0.2) is 0 Å². The lowest BCUT2D eigenvalue weighted by molar-refractivity contribution is 0.0600. The Bertz CT molecular complexity index is 697. The molecule has 3 rings (SSSR count). The maximum Gasteiger partial charge on any atom is 0.337 e. The van der Waals surface area contributed by atoms with Crippen LogP contribution >= 0.6 is 15.9 Å². The molecule has 0 N–H and O–H groups in total. The highest BCUT2D eigenvalue weighted by atomic mass is 79.9. The van der Waals surface area contributed by atoms with Gasteiger partial charge in [0.2, 0.25) is 0 Å². The van der Waals surface area contributed by atoms with Gasteiger partial charge < -0.3 is 9.64 Å². The summed E-state index contributed by atoms with van der Waals surface area (Å²) in [5.41, 5.74) is 4.52. The summed E-state index contributed by atoms with van der Waals surface area (Å²) in [6, 6.07) is 14.2. The Morgan fingerprint density at radius 1 is 1.17 bits per heavy atom. The summed E-state index contributed by atoms with van der Waals surface area (Å²) >= 11 is 3.57. The molecule has 23 heavy (non-hydrogen) atoms. The van der Waals surface area contributed by atoms with Crippen molar-refractivity contribution in [2.75, 3.05) is 18.6 Å². The molecule has 1 aliphatic rings. The van der Waals surface area contributed by atoms with Gasteiger partial charge in [0, 0.05) is 23.2 Å². The third kappa shape index (κ3) is 3.75. The first-order chi connectivity index (χ1) is 11.2. The molecule has 4 heteroatoms. The van der Waals surface area contributed by atoms with Gasteiger partial charge in [0.05, 0.1) is 12.7 Å². The average Bonchev–Trinajstić information content (AvgIpc) is 2.76. The van der Waals surface area contributed by atoms with Crippen LogP contribution in [-0.4, -0.2) is 19.6 Å². The lowest BCUT2D eigenvalue weighted by Gasteiger charge is -2.25. The van der Waals surface area contributed by atoms with Crippen molar-refractivity contribution < 1.29 is 9.53 Å². The molecule has 0 amide bonds. The molecule has 120 valence electrons. The summed E-state index contributed by atoms with van der Waals surface area (Å²) in [5, 5.41) is 0. The Morgan fingerprint density at radius 3 is 2.70 bits per heavy atom. The van der Waals surface area contributed by atoms with E-state index in [0.29, 0.717) is 5.56 Å². The van der Waals surface area contributed by atoms with Gasteiger partial charge in [-0.25, -0.2) is 4.79 Å². The summed E-state index contributed by atoms with van der Waals surface area (Å²) in [7, 11) is 1.41. The Kier molecular flexibility index (Phi) is 5.01. The highest BCUT2D eigenvalue weighted by molar-refractivity contribution is 9.10. The van der Waals surface area contributed by atoms with Crippen molar-refractivity contribution in [1.82, 2.24) is 0 Å². The Morgan fingerprint density at radius 2 is 1.96 bits per heavy atom. The number of carbonyl (C=O) groups is 1. The first-order valence-electron chi connectivity index (χ1n) is 7.88. The number of fused-ring (bicyclic) bond motifs is 1. The smallest absolute Gasteiger partial charge is 0.337 e. The molecule has 0 bridgehead atoms. The van der Waals surface area contributed by atoms with Crippen LogP contribution in [-0.2, 0) is 17.7 Å². The number of rotatable bonds is 3. The summed E-state index contributed by atoms with van der Waals surface area (Å²) < 4.78 is 5.89. The van der Waals surface area contributed by atoms with E-state index < -0.39 is 0 Å². The van der Waals surface area contributed by atoms with Crippen molar-refractivity contribution in [2.45, 2.75) is 25.8 Å². The number of hydrogen-bond acceptors (Lipinski definition) is 3. The van der Waals surface area contributed by atoms with Crippen LogP contribution in [0.4, 0.5) is 5.69 Å². The lowest BCUT2D eigenvalue weighted by Crippen LogP contribution is -2.23. The molecule has 3 nitrogen and oxygen atoms in total. The molecule has 0 unspecified atom stereocenters. The molecule has 1 heterocycles.